The fourth-order valence-corrected chi connectivity index (χ4v) is 4.32. The number of fused-ring (bicyclic) bond motifs is 3. The lowest BCUT2D eigenvalue weighted by atomic mass is 10.1. The maximum Gasteiger partial charge on any atom is 0.265 e. The maximum absolute atomic E-state index is 12.9. The zero-order valence-corrected chi connectivity index (χ0v) is 15.7. The molecule has 132 valence electrons. The van der Waals surface area contributed by atoms with Gasteiger partial charge in [-0.3, -0.25) is 9.59 Å². The van der Waals surface area contributed by atoms with Crippen molar-refractivity contribution in [2.24, 2.45) is 7.05 Å². The third-order valence-corrected chi connectivity index (χ3v) is 5.83. The van der Waals surface area contributed by atoms with Crippen LogP contribution < -0.4 is 15.6 Å². The van der Waals surface area contributed by atoms with Gasteiger partial charge >= 0.3 is 0 Å². The fraction of sp³-hybridized carbons (Fsp3) is 0.368. The summed E-state index contributed by atoms with van der Waals surface area (Å²) >= 11 is 1.32. The highest BCUT2D eigenvalue weighted by Crippen LogP contribution is 2.39. The number of nitrogens with zero attached hydrogens (tertiary/aromatic N) is 1. The third kappa shape index (κ3) is 2.80. The number of thiophene rings is 1. The van der Waals surface area contributed by atoms with Gasteiger partial charge < -0.3 is 14.6 Å². The number of ether oxygens (including phenoxy) is 1. The molecule has 2 heterocycles. The summed E-state index contributed by atoms with van der Waals surface area (Å²) in [7, 11) is 3.25. The Hall–Kier alpha value is -2.34. The highest BCUT2D eigenvalue weighted by Gasteiger charge is 2.25. The van der Waals surface area contributed by atoms with Crippen LogP contribution in [0.15, 0.2) is 29.1 Å². The average Bonchev–Trinajstić information content (AvgIpc) is 3.04. The van der Waals surface area contributed by atoms with Gasteiger partial charge in [0.1, 0.15) is 10.3 Å². The fourth-order valence-electron chi connectivity index (χ4n) is 3.12. The average molecular weight is 358 g/mol. The van der Waals surface area contributed by atoms with E-state index in [2.05, 4.69) is 5.32 Å². The number of aryl methyl sites for hydroxylation is 1. The Labute approximate surface area is 150 Å². The summed E-state index contributed by atoms with van der Waals surface area (Å²) in [6.07, 6.45) is 1.72. The van der Waals surface area contributed by atoms with Crippen LogP contribution in [0.2, 0.25) is 0 Å². The van der Waals surface area contributed by atoms with E-state index in [1.807, 2.05) is 38.1 Å². The van der Waals surface area contributed by atoms with Gasteiger partial charge in [0.25, 0.3) is 11.5 Å². The van der Waals surface area contributed by atoms with E-state index in [4.69, 9.17) is 4.74 Å². The Morgan fingerprint density at radius 3 is 2.60 bits per heavy atom. The first kappa shape index (κ1) is 17.5. The summed E-state index contributed by atoms with van der Waals surface area (Å²) < 4.78 is 7.89. The van der Waals surface area contributed by atoms with Crippen LogP contribution in [0.1, 0.15) is 36.4 Å². The van der Waals surface area contributed by atoms with E-state index in [0.717, 1.165) is 28.4 Å². The topological polar surface area (TPSA) is 60.3 Å². The zero-order chi connectivity index (χ0) is 18.1. The van der Waals surface area contributed by atoms with Crippen molar-refractivity contribution in [1.29, 1.82) is 0 Å². The number of para-hydroxylation sites is 1. The number of benzene rings is 1. The monoisotopic (exact) mass is 358 g/mol. The molecule has 0 spiro atoms. The molecule has 0 aliphatic rings. The Morgan fingerprint density at radius 2 is 1.96 bits per heavy atom. The molecule has 1 N–H and O–H groups in total. The van der Waals surface area contributed by atoms with E-state index in [0.29, 0.717) is 16.0 Å². The van der Waals surface area contributed by atoms with E-state index in [1.165, 1.54) is 18.4 Å². The van der Waals surface area contributed by atoms with E-state index in [9.17, 15) is 9.59 Å². The first-order chi connectivity index (χ1) is 12.0. The van der Waals surface area contributed by atoms with E-state index < -0.39 is 0 Å². The van der Waals surface area contributed by atoms with Crippen LogP contribution in [0, 0.1) is 0 Å². The van der Waals surface area contributed by atoms with Gasteiger partial charge in [-0.1, -0.05) is 32.0 Å². The lowest BCUT2D eigenvalue weighted by molar-refractivity contribution is 0.0936. The van der Waals surface area contributed by atoms with Gasteiger partial charge in [-0.2, -0.15) is 0 Å². The number of rotatable bonds is 5. The van der Waals surface area contributed by atoms with Crippen LogP contribution in [-0.4, -0.2) is 23.6 Å². The minimum Gasteiger partial charge on any atom is -0.494 e. The predicted molar refractivity (Wildman–Crippen MR) is 103 cm³/mol. The summed E-state index contributed by atoms with van der Waals surface area (Å²) in [5, 5.41) is 4.46. The summed E-state index contributed by atoms with van der Waals surface area (Å²) in [5.41, 5.74) is 0.694. The van der Waals surface area contributed by atoms with Crippen molar-refractivity contribution in [1.82, 2.24) is 9.88 Å². The summed E-state index contributed by atoms with van der Waals surface area (Å²) in [6, 6.07) is 7.82. The Kier molecular flexibility index (Phi) is 4.81. The van der Waals surface area contributed by atoms with Crippen LogP contribution in [0.3, 0.4) is 0 Å². The van der Waals surface area contributed by atoms with Crippen molar-refractivity contribution in [3.63, 3.8) is 0 Å². The molecule has 0 fully saturated rings. The van der Waals surface area contributed by atoms with Crippen LogP contribution in [-0.2, 0) is 7.05 Å². The number of carbonyl (C=O) groups excluding carboxylic acids is 1. The second-order valence-electron chi connectivity index (χ2n) is 6.04. The number of pyridine rings is 1. The minimum atomic E-state index is -0.183. The number of aromatic nitrogens is 1. The highest BCUT2D eigenvalue weighted by atomic mass is 32.1. The third-order valence-electron chi connectivity index (χ3n) is 4.62. The van der Waals surface area contributed by atoms with Gasteiger partial charge in [-0.15, -0.1) is 11.3 Å². The van der Waals surface area contributed by atoms with Gasteiger partial charge in [-0.05, 0) is 18.9 Å². The molecule has 2 aromatic heterocycles. The number of carbonyl (C=O) groups is 1. The highest BCUT2D eigenvalue weighted by molar-refractivity contribution is 7.22. The molecule has 25 heavy (non-hydrogen) atoms. The van der Waals surface area contributed by atoms with Crippen molar-refractivity contribution < 1.29 is 9.53 Å². The minimum absolute atomic E-state index is 0.113. The lowest BCUT2D eigenvalue weighted by Crippen LogP contribution is -2.33. The van der Waals surface area contributed by atoms with Crippen LogP contribution in [0.4, 0.5) is 0 Å². The van der Waals surface area contributed by atoms with Crippen LogP contribution >= 0.6 is 11.3 Å². The predicted octanol–water partition coefficient (Wildman–Crippen LogP) is 3.68. The second kappa shape index (κ2) is 6.88. The number of amides is 1. The summed E-state index contributed by atoms with van der Waals surface area (Å²) in [4.78, 5) is 26.1. The molecule has 0 bridgehead atoms. The van der Waals surface area contributed by atoms with E-state index >= 15 is 0 Å². The Balaban J connectivity index is 2.28. The van der Waals surface area contributed by atoms with Gasteiger partial charge in [0.05, 0.1) is 17.3 Å². The number of hydrogen-bond donors (Lipinski definition) is 1. The molecular weight excluding hydrogens is 336 g/mol. The van der Waals surface area contributed by atoms with E-state index in [-0.39, 0.29) is 17.5 Å². The molecule has 1 aromatic carbocycles. The normalized spacial score (nSPS) is 11.4. The first-order valence-corrected chi connectivity index (χ1v) is 9.24. The molecule has 0 atom stereocenters. The molecular formula is C19H22N2O3S. The Bertz CT molecular complexity index is 999. The largest absolute Gasteiger partial charge is 0.494 e. The Morgan fingerprint density at radius 1 is 1.28 bits per heavy atom. The molecule has 5 nitrogen and oxygen atoms in total. The van der Waals surface area contributed by atoms with Gasteiger partial charge in [0.15, 0.2) is 5.75 Å². The first-order valence-electron chi connectivity index (χ1n) is 8.42. The lowest BCUT2D eigenvalue weighted by Gasteiger charge is -2.14. The van der Waals surface area contributed by atoms with Gasteiger partial charge in [-0.25, -0.2) is 0 Å². The summed E-state index contributed by atoms with van der Waals surface area (Å²) in [5.74, 6) is 0.188. The van der Waals surface area contributed by atoms with Crippen molar-refractivity contribution in [3.05, 3.63) is 39.5 Å². The number of hydrogen-bond acceptors (Lipinski definition) is 4. The van der Waals surface area contributed by atoms with E-state index in [1.54, 1.807) is 11.6 Å². The van der Waals surface area contributed by atoms with Crippen molar-refractivity contribution >= 4 is 38.2 Å². The van der Waals surface area contributed by atoms with Crippen LogP contribution in [0.5, 0.6) is 5.75 Å². The van der Waals surface area contributed by atoms with Crippen molar-refractivity contribution in [3.8, 4) is 5.75 Å². The number of nitrogens with one attached hydrogen (secondary N) is 1. The molecule has 3 rings (SSSR count). The molecule has 0 saturated heterocycles. The molecule has 0 aliphatic heterocycles. The molecule has 1 amide bonds. The zero-order valence-electron chi connectivity index (χ0n) is 14.9. The molecule has 0 unspecified atom stereocenters. The smallest absolute Gasteiger partial charge is 0.265 e. The molecule has 0 saturated carbocycles. The molecule has 6 heteroatoms. The standard InChI is InChI=1S/C19H22N2O3S/c1-5-11(6-2)20-18(22)17-15(24-4)14-16(25-17)12-9-7-8-10-13(12)21(3)19(14)23/h7-11H,5-6H2,1-4H3,(H,20,22). The second-order valence-corrected chi connectivity index (χ2v) is 7.06. The quantitative estimate of drug-likeness (QED) is 0.757. The summed E-state index contributed by atoms with van der Waals surface area (Å²) in [6.45, 7) is 4.08. The molecule has 0 radical (unpaired) electrons. The van der Waals surface area contributed by atoms with Crippen LogP contribution in [0.25, 0.3) is 21.0 Å². The van der Waals surface area contributed by atoms with Gasteiger partial charge in [0, 0.05) is 18.5 Å². The number of methoxy groups -OCH3 is 1. The molecule has 0 aliphatic carbocycles. The maximum atomic E-state index is 12.9. The van der Waals surface area contributed by atoms with Crippen molar-refractivity contribution in [2.45, 2.75) is 32.7 Å². The van der Waals surface area contributed by atoms with Crippen molar-refractivity contribution in [2.75, 3.05) is 7.11 Å². The molecule has 3 aromatic rings. The van der Waals surface area contributed by atoms with Gasteiger partial charge in [0.2, 0.25) is 0 Å². The SMILES string of the molecule is CCC(CC)NC(=O)c1sc2c(c1OC)c(=O)n(C)c1ccccc21.